The van der Waals surface area contributed by atoms with E-state index in [9.17, 15) is 8.42 Å². The summed E-state index contributed by atoms with van der Waals surface area (Å²) in [6.07, 6.45) is 2.09. The van der Waals surface area contributed by atoms with Crippen LogP contribution in [0.2, 0.25) is 0 Å². The number of sulfonamides is 1. The highest BCUT2D eigenvalue weighted by atomic mass is 79.9. The predicted octanol–water partition coefficient (Wildman–Crippen LogP) is 1.92. The van der Waals surface area contributed by atoms with E-state index in [0.29, 0.717) is 21.1 Å². The van der Waals surface area contributed by atoms with Gasteiger partial charge in [-0.15, -0.1) is 11.3 Å². The van der Waals surface area contributed by atoms with Crippen molar-refractivity contribution in [3.8, 4) is 0 Å². The minimum absolute atomic E-state index is 0.317. The molecule has 0 amide bonds. The average molecular weight is 339 g/mol. The van der Waals surface area contributed by atoms with Crippen LogP contribution in [-0.4, -0.2) is 20.5 Å². The number of nitrogens with one attached hydrogen (secondary N) is 1. The Morgan fingerprint density at radius 3 is 2.71 bits per heavy atom. The van der Waals surface area contributed by atoms with Gasteiger partial charge in [0.25, 0.3) is 10.0 Å². The maximum Gasteiger partial charge on any atom is 0.251 e. The topological polar surface area (TPSA) is 72.2 Å². The van der Waals surface area contributed by atoms with Crippen molar-refractivity contribution < 1.29 is 8.42 Å². The number of thiophene rings is 1. The van der Waals surface area contributed by atoms with Gasteiger partial charge in [0.15, 0.2) is 0 Å². The van der Waals surface area contributed by atoms with Crippen molar-refractivity contribution in [2.45, 2.75) is 29.5 Å². The highest BCUT2D eigenvalue weighted by Gasteiger charge is 2.43. The van der Waals surface area contributed by atoms with E-state index in [2.05, 4.69) is 20.7 Å². The Morgan fingerprint density at radius 2 is 2.29 bits per heavy atom. The van der Waals surface area contributed by atoms with Crippen molar-refractivity contribution in [2.75, 3.05) is 6.54 Å². The Labute approximate surface area is 114 Å². The maximum absolute atomic E-state index is 12.2. The van der Waals surface area contributed by atoms with Crippen molar-refractivity contribution in [3.05, 3.63) is 15.9 Å². The lowest BCUT2D eigenvalue weighted by Crippen LogP contribution is -2.52. The van der Waals surface area contributed by atoms with Gasteiger partial charge in [-0.25, -0.2) is 13.1 Å². The number of halogens is 1. The van der Waals surface area contributed by atoms with Gasteiger partial charge in [-0.05, 0) is 53.1 Å². The molecule has 1 fully saturated rings. The van der Waals surface area contributed by atoms with Gasteiger partial charge in [0.05, 0.1) is 0 Å². The lowest BCUT2D eigenvalue weighted by Gasteiger charge is -2.28. The zero-order valence-corrected chi connectivity index (χ0v) is 12.7. The van der Waals surface area contributed by atoms with Gasteiger partial charge in [0.2, 0.25) is 0 Å². The van der Waals surface area contributed by atoms with Crippen molar-refractivity contribution >= 4 is 37.3 Å². The summed E-state index contributed by atoms with van der Waals surface area (Å²) in [4.78, 5) is 0. The summed E-state index contributed by atoms with van der Waals surface area (Å²) < 4.78 is 28.1. The molecule has 0 saturated heterocycles. The molecule has 0 aromatic carbocycles. The summed E-state index contributed by atoms with van der Waals surface area (Å²) in [5.41, 5.74) is 5.19. The molecule has 0 bridgehead atoms. The summed E-state index contributed by atoms with van der Waals surface area (Å²) in [6, 6.07) is 1.73. The van der Waals surface area contributed by atoms with Crippen LogP contribution < -0.4 is 10.5 Å². The van der Waals surface area contributed by atoms with Crippen LogP contribution in [0.15, 0.2) is 20.1 Å². The van der Waals surface area contributed by atoms with Crippen LogP contribution in [-0.2, 0) is 10.0 Å². The van der Waals surface area contributed by atoms with Gasteiger partial charge in [-0.1, -0.05) is 0 Å². The summed E-state index contributed by atoms with van der Waals surface area (Å²) >= 11 is 4.45. The van der Waals surface area contributed by atoms with Gasteiger partial charge in [0, 0.05) is 16.6 Å². The minimum atomic E-state index is -3.48. The fourth-order valence-electron chi connectivity index (χ4n) is 1.84. The van der Waals surface area contributed by atoms with E-state index >= 15 is 0 Å². The highest BCUT2D eigenvalue weighted by Crippen LogP contribution is 2.40. The highest BCUT2D eigenvalue weighted by molar-refractivity contribution is 9.10. The number of rotatable bonds is 5. The third-order valence-corrected chi connectivity index (χ3v) is 7.38. The number of hydrogen-bond donors (Lipinski definition) is 2. The van der Waals surface area contributed by atoms with Crippen LogP contribution >= 0.6 is 27.3 Å². The largest absolute Gasteiger partial charge is 0.329 e. The molecule has 0 aliphatic heterocycles. The number of hydrogen-bond acceptors (Lipinski definition) is 4. The van der Waals surface area contributed by atoms with Gasteiger partial charge in [-0.3, -0.25) is 0 Å². The second kappa shape index (κ2) is 4.62. The monoisotopic (exact) mass is 338 g/mol. The fraction of sp³-hybridized carbons (Fsp3) is 0.600. The number of nitrogens with two attached hydrogens (primary N) is 1. The molecule has 2 rings (SSSR count). The molecule has 0 radical (unpaired) electrons. The molecule has 1 aromatic rings. The zero-order valence-electron chi connectivity index (χ0n) is 9.44. The molecule has 1 heterocycles. The first-order valence-electron chi connectivity index (χ1n) is 5.36. The second-order valence-corrected chi connectivity index (χ2v) is 8.21. The Morgan fingerprint density at radius 1 is 1.65 bits per heavy atom. The Kier molecular flexibility index (Phi) is 3.66. The molecular weight excluding hydrogens is 324 g/mol. The standard InChI is InChI=1S/C10H15BrN2O2S2/c1-10(6-12,7-2-3-7)13-17(14,15)9-8(11)4-5-16-9/h4-5,7,13H,2-3,6,12H2,1H3. The second-order valence-electron chi connectivity index (χ2n) is 4.56. The van der Waals surface area contributed by atoms with Crippen LogP contribution in [0.1, 0.15) is 19.8 Å². The SMILES string of the molecule is CC(CN)(NS(=O)(=O)c1sccc1Br)C1CC1. The molecule has 1 unspecified atom stereocenters. The van der Waals surface area contributed by atoms with E-state index in [4.69, 9.17) is 5.73 Å². The van der Waals surface area contributed by atoms with Crippen molar-refractivity contribution in [2.24, 2.45) is 11.7 Å². The first-order valence-corrected chi connectivity index (χ1v) is 8.52. The van der Waals surface area contributed by atoms with Crippen LogP contribution in [0.5, 0.6) is 0 Å². The Bertz CT molecular complexity index is 510. The Hall–Kier alpha value is 0.0500. The molecule has 0 spiro atoms. The van der Waals surface area contributed by atoms with Gasteiger partial charge >= 0.3 is 0 Å². The van der Waals surface area contributed by atoms with Crippen LogP contribution in [0.25, 0.3) is 0 Å². The molecule has 1 aliphatic rings. The summed E-state index contributed by atoms with van der Waals surface area (Å²) in [5.74, 6) is 0.362. The molecule has 1 aromatic heterocycles. The van der Waals surface area contributed by atoms with Crippen LogP contribution in [0, 0.1) is 5.92 Å². The maximum atomic E-state index is 12.2. The zero-order chi connectivity index (χ0) is 12.7. The van der Waals surface area contributed by atoms with E-state index in [1.165, 1.54) is 11.3 Å². The van der Waals surface area contributed by atoms with E-state index in [-0.39, 0.29) is 0 Å². The first-order chi connectivity index (χ1) is 7.89. The molecular formula is C10H15BrN2O2S2. The van der Waals surface area contributed by atoms with E-state index in [1.54, 1.807) is 11.4 Å². The van der Waals surface area contributed by atoms with E-state index in [0.717, 1.165) is 12.8 Å². The fourth-order valence-corrected chi connectivity index (χ4v) is 5.65. The minimum Gasteiger partial charge on any atom is -0.329 e. The molecule has 17 heavy (non-hydrogen) atoms. The molecule has 4 nitrogen and oxygen atoms in total. The first kappa shape index (κ1) is 13.5. The normalized spacial score (nSPS) is 20.2. The van der Waals surface area contributed by atoms with Gasteiger partial charge in [0.1, 0.15) is 4.21 Å². The van der Waals surface area contributed by atoms with Gasteiger partial charge < -0.3 is 5.73 Å². The van der Waals surface area contributed by atoms with Crippen molar-refractivity contribution in [1.29, 1.82) is 0 Å². The third-order valence-electron chi connectivity index (χ3n) is 3.10. The summed E-state index contributed by atoms with van der Waals surface area (Å²) in [7, 11) is -3.48. The molecule has 96 valence electrons. The summed E-state index contributed by atoms with van der Waals surface area (Å²) in [5, 5.41) is 1.75. The van der Waals surface area contributed by atoms with Crippen molar-refractivity contribution in [1.82, 2.24) is 4.72 Å². The lowest BCUT2D eigenvalue weighted by molar-refractivity contribution is 0.374. The predicted molar refractivity (Wildman–Crippen MR) is 72.5 cm³/mol. The summed E-state index contributed by atoms with van der Waals surface area (Å²) in [6.45, 7) is 2.20. The van der Waals surface area contributed by atoms with Crippen molar-refractivity contribution in [3.63, 3.8) is 0 Å². The average Bonchev–Trinajstić information content (AvgIpc) is 3.01. The lowest BCUT2D eigenvalue weighted by atomic mass is 9.98. The molecule has 1 aliphatic carbocycles. The molecule has 3 N–H and O–H groups in total. The van der Waals surface area contributed by atoms with Crippen LogP contribution in [0.4, 0.5) is 0 Å². The van der Waals surface area contributed by atoms with E-state index < -0.39 is 15.6 Å². The smallest absolute Gasteiger partial charge is 0.251 e. The Balaban J connectivity index is 2.26. The third kappa shape index (κ3) is 2.73. The molecule has 1 saturated carbocycles. The van der Waals surface area contributed by atoms with E-state index in [1.807, 2.05) is 6.92 Å². The molecule has 1 atom stereocenters. The quantitative estimate of drug-likeness (QED) is 0.861. The van der Waals surface area contributed by atoms with Gasteiger partial charge in [-0.2, -0.15) is 0 Å². The van der Waals surface area contributed by atoms with Crippen LogP contribution in [0.3, 0.4) is 0 Å². The molecule has 7 heteroatoms.